The Morgan fingerprint density at radius 3 is 2.08 bits per heavy atom. The molecule has 0 unspecified atom stereocenters. The van der Waals surface area contributed by atoms with Crippen molar-refractivity contribution in [3.8, 4) is 0 Å². The van der Waals surface area contributed by atoms with E-state index in [-0.39, 0.29) is 4.90 Å². The molecule has 0 spiro atoms. The van der Waals surface area contributed by atoms with Crippen LogP contribution in [0.4, 0.5) is 5.69 Å². The highest BCUT2D eigenvalue weighted by Crippen LogP contribution is 2.29. The molecule has 0 bridgehead atoms. The molecule has 0 aliphatic rings. The highest BCUT2D eigenvalue weighted by molar-refractivity contribution is 7.92. The van der Waals surface area contributed by atoms with E-state index in [4.69, 9.17) is 0 Å². The van der Waals surface area contributed by atoms with Gasteiger partial charge in [0, 0.05) is 5.56 Å². The molecule has 0 saturated carbocycles. The number of hydrogen-bond acceptors (Lipinski definition) is 4. The minimum Gasteiger partial charge on any atom is -0.271 e. The molecule has 5 aromatic rings. The van der Waals surface area contributed by atoms with E-state index in [1.165, 1.54) is 12.1 Å². The minimum absolute atomic E-state index is 0.111. The summed E-state index contributed by atoms with van der Waals surface area (Å²) in [5.74, 6) is -0.550. The van der Waals surface area contributed by atoms with Crippen molar-refractivity contribution in [1.82, 2.24) is 5.43 Å². The lowest BCUT2D eigenvalue weighted by molar-refractivity contribution is -0.119. The third-order valence-electron chi connectivity index (χ3n) is 6.66. The second-order valence-electron chi connectivity index (χ2n) is 9.07. The second kappa shape index (κ2) is 10.5. The first-order valence-electron chi connectivity index (χ1n) is 12.2. The number of amides is 1. The van der Waals surface area contributed by atoms with Gasteiger partial charge in [0.25, 0.3) is 15.9 Å². The molecule has 0 fully saturated rings. The van der Waals surface area contributed by atoms with Gasteiger partial charge in [-0.1, -0.05) is 78.9 Å². The van der Waals surface area contributed by atoms with Crippen LogP contribution in [0.2, 0.25) is 0 Å². The molecular weight excluding hydrogens is 494 g/mol. The van der Waals surface area contributed by atoms with Gasteiger partial charge in [-0.25, -0.2) is 13.8 Å². The second-order valence-corrected chi connectivity index (χ2v) is 10.9. The Bertz CT molecular complexity index is 1730. The van der Waals surface area contributed by atoms with Gasteiger partial charge in [-0.05, 0) is 70.8 Å². The van der Waals surface area contributed by atoms with Crippen LogP contribution in [0.3, 0.4) is 0 Å². The van der Waals surface area contributed by atoms with Gasteiger partial charge in [-0.15, -0.1) is 0 Å². The number of nitrogens with zero attached hydrogens (tertiary/aromatic N) is 2. The summed E-state index contributed by atoms with van der Waals surface area (Å²) in [6, 6.07) is 31.6. The molecule has 5 rings (SSSR count). The van der Waals surface area contributed by atoms with E-state index in [1.807, 2.05) is 68.4 Å². The molecule has 0 aliphatic heterocycles. The maximum Gasteiger partial charge on any atom is 0.264 e. The molecule has 6 nitrogen and oxygen atoms in total. The van der Waals surface area contributed by atoms with E-state index < -0.39 is 22.5 Å². The highest BCUT2D eigenvalue weighted by Gasteiger charge is 2.28. The summed E-state index contributed by atoms with van der Waals surface area (Å²) in [7, 11) is -4.00. The number of nitrogens with one attached hydrogen (secondary N) is 1. The first-order valence-corrected chi connectivity index (χ1v) is 13.7. The number of hydrazone groups is 1. The number of aryl methyl sites for hydroxylation is 1. The van der Waals surface area contributed by atoms with Gasteiger partial charge < -0.3 is 0 Å². The molecule has 38 heavy (non-hydrogen) atoms. The molecule has 0 saturated heterocycles. The summed E-state index contributed by atoms with van der Waals surface area (Å²) in [4.78, 5) is 13.2. The molecule has 1 N–H and O–H groups in total. The van der Waals surface area contributed by atoms with Crippen molar-refractivity contribution in [2.75, 3.05) is 10.8 Å². The van der Waals surface area contributed by atoms with Crippen LogP contribution < -0.4 is 9.73 Å². The van der Waals surface area contributed by atoms with Gasteiger partial charge in [0.15, 0.2) is 0 Å². The Hall–Kier alpha value is -4.49. The zero-order valence-electron chi connectivity index (χ0n) is 21.1. The molecule has 0 radical (unpaired) electrons. The SMILES string of the molecule is Cc1cccc(N(CC(=O)N/N=C\c2c3ccccc3cc3ccccc23)S(=O)(=O)c2ccccc2)c1C. The molecular formula is C31H27N3O3S. The van der Waals surface area contributed by atoms with Crippen molar-refractivity contribution in [2.45, 2.75) is 18.7 Å². The number of carbonyl (C=O) groups is 1. The fourth-order valence-corrected chi connectivity index (χ4v) is 6.05. The van der Waals surface area contributed by atoms with Crippen LogP contribution in [0.1, 0.15) is 16.7 Å². The summed E-state index contributed by atoms with van der Waals surface area (Å²) in [5.41, 5.74) is 5.58. The molecule has 0 atom stereocenters. The number of fused-ring (bicyclic) bond motifs is 2. The Morgan fingerprint density at radius 2 is 1.42 bits per heavy atom. The largest absolute Gasteiger partial charge is 0.271 e. The zero-order chi connectivity index (χ0) is 26.7. The molecule has 1 amide bonds. The number of benzene rings is 5. The van der Waals surface area contributed by atoms with Gasteiger partial charge in [0.1, 0.15) is 6.54 Å². The van der Waals surface area contributed by atoms with Crippen molar-refractivity contribution in [2.24, 2.45) is 5.10 Å². The predicted molar refractivity (Wildman–Crippen MR) is 154 cm³/mol. The van der Waals surface area contributed by atoms with Crippen LogP contribution in [-0.2, 0) is 14.8 Å². The normalized spacial score (nSPS) is 11.7. The zero-order valence-corrected chi connectivity index (χ0v) is 21.9. The summed E-state index contributed by atoms with van der Waals surface area (Å²) >= 11 is 0. The van der Waals surface area contributed by atoms with Crippen molar-refractivity contribution in [1.29, 1.82) is 0 Å². The maximum atomic E-state index is 13.6. The lowest BCUT2D eigenvalue weighted by Crippen LogP contribution is -2.40. The molecule has 0 aromatic heterocycles. The number of sulfonamides is 1. The van der Waals surface area contributed by atoms with Crippen LogP contribution in [0.5, 0.6) is 0 Å². The lowest BCUT2D eigenvalue weighted by Gasteiger charge is -2.26. The molecule has 0 aliphatic carbocycles. The van der Waals surface area contributed by atoms with Gasteiger partial charge in [-0.2, -0.15) is 5.10 Å². The number of rotatable bonds is 7. The summed E-state index contributed by atoms with van der Waals surface area (Å²) in [5, 5.41) is 8.38. The number of hydrogen-bond donors (Lipinski definition) is 1. The van der Waals surface area contributed by atoms with Crippen LogP contribution in [0.25, 0.3) is 21.5 Å². The Kier molecular flexibility index (Phi) is 6.94. The smallest absolute Gasteiger partial charge is 0.264 e. The monoisotopic (exact) mass is 521 g/mol. The fraction of sp³-hybridized carbons (Fsp3) is 0.0968. The van der Waals surface area contributed by atoms with Crippen molar-refractivity contribution in [3.05, 3.63) is 120 Å². The van der Waals surface area contributed by atoms with E-state index >= 15 is 0 Å². The predicted octanol–water partition coefficient (Wildman–Crippen LogP) is 5.96. The van der Waals surface area contributed by atoms with E-state index in [2.05, 4.69) is 16.6 Å². The topological polar surface area (TPSA) is 78.8 Å². The Labute approximate surface area is 222 Å². The van der Waals surface area contributed by atoms with Crippen LogP contribution in [-0.4, -0.2) is 27.1 Å². The van der Waals surface area contributed by atoms with Crippen LogP contribution in [0.15, 0.2) is 113 Å². The minimum atomic E-state index is -4.00. The average Bonchev–Trinajstić information content (AvgIpc) is 2.93. The number of anilines is 1. The highest BCUT2D eigenvalue weighted by atomic mass is 32.2. The van der Waals surface area contributed by atoms with E-state index in [0.717, 1.165) is 42.5 Å². The van der Waals surface area contributed by atoms with Crippen molar-refractivity contribution in [3.63, 3.8) is 0 Å². The van der Waals surface area contributed by atoms with Gasteiger partial charge in [-0.3, -0.25) is 9.10 Å². The van der Waals surface area contributed by atoms with Crippen LogP contribution >= 0.6 is 0 Å². The van der Waals surface area contributed by atoms with E-state index in [1.54, 1.807) is 36.5 Å². The maximum absolute atomic E-state index is 13.6. The van der Waals surface area contributed by atoms with E-state index in [9.17, 15) is 13.2 Å². The first kappa shape index (κ1) is 25.2. The van der Waals surface area contributed by atoms with E-state index in [0.29, 0.717) is 5.69 Å². The summed E-state index contributed by atoms with van der Waals surface area (Å²) in [6.45, 7) is 3.33. The van der Waals surface area contributed by atoms with Gasteiger partial charge >= 0.3 is 0 Å². The van der Waals surface area contributed by atoms with Crippen molar-refractivity contribution < 1.29 is 13.2 Å². The van der Waals surface area contributed by atoms with Gasteiger partial charge in [0.2, 0.25) is 0 Å². The number of carbonyl (C=O) groups excluding carboxylic acids is 1. The summed E-state index contributed by atoms with van der Waals surface area (Å²) in [6.07, 6.45) is 1.62. The average molecular weight is 522 g/mol. The quantitative estimate of drug-likeness (QED) is 0.163. The van der Waals surface area contributed by atoms with Crippen molar-refractivity contribution >= 4 is 49.4 Å². The van der Waals surface area contributed by atoms with Crippen LogP contribution in [0, 0.1) is 13.8 Å². The molecule has 190 valence electrons. The molecule has 0 heterocycles. The Balaban J connectivity index is 1.47. The Morgan fingerprint density at radius 1 is 0.816 bits per heavy atom. The fourth-order valence-electron chi connectivity index (χ4n) is 4.55. The standard InChI is InChI=1S/C31H27N3O3S/c1-22-11-10-18-30(23(22)2)34(38(36,37)26-14-4-3-5-15-26)21-31(35)33-32-20-29-27-16-8-6-12-24(27)19-25-13-7-9-17-28(25)29/h3-20H,21H2,1-2H3,(H,33,35)/b32-20-. The third kappa shape index (κ3) is 4.88. The third-order valence-corrected chi connectivity index (χ3v) is 8.43. The molecule has 5 aromatic carbocycles. The summed E-state index contributed by atoms with van der Waals surface area (Å²) < 4.78 is 28.4. The lowest BCUT2D eigenvalue weighted by atomic mass is 9.97. The van der Waals surface area contributed by atoms with Gasteiger partial charge in [0.05, 0.1) is 16.8 Å². The first-order chi connectivity index (χ1) is 18.4. The molecule has 7 heteroatoms.